The minimum absolute atomic E-state index is 0.00237. The van der Waals surface area contributed by atoms with Crippen LogP contribution in [0.4, 0.5) is 0 Å². The molecule has 3 aromatic rings. The number of hydrogen-bond acceptors (Lipinski definition) is 3. The van der Waals surface area contributed by atoms with Crippen molar-refractivity contribution in [2.24, 2.45) is 0 Å². The lowest BCUT2D eigenvalue weighted by Crippen LogP contribution is -2.09. The summed E-state index contributed by atoms with van der Waals surface area (Å²) in [5.74, 6) is 7.07. The molecule has 1 unspecified atom stereocenters. The number of carbonyl (C=O) groups is 1. The third-order valence-corrected chi connectivity index (χ3v) is 6.02. The van der Waals surface area contributed by atoms with Gasteiger partial charge in [-0.15, -0.1) is 11.8 Å². The molecule has 0 aliphatic rings. The second-order valence-corrected chi connectivity index (χ2v) is 9.02. The SMILES string of the molecule is Cc1cc(SC/C=C\C(C#Cc2ccccc2)c2ccc(Br)cc2)ccc1OCC(=O)O. The Kier molecular flexibility index (Phi) is 9.03. The molecule has 0 bridgehead atoms. The Bertz CT molecular complexity index is 1130. The number of hydrogen-bond donors (Lipinski definition) is 1. The van der Waals surface area contributed by atoms with Crippen LogP contribution in [0.2, 0.25) is 0 Å². The van der Waals surface area contributed by atoms with Gasteiger partial charge in [-0.3, -0.25) is 0 Å². The summed E-state index contributed by atoms with van der Waals surface area (Å²) in [4.78, 5) is 11.8. The van der Waals surface area contributed by atoms with Gasteiger partial charge in [0.2, 0.25) is 0 Å². The third-order valence-electron chi connectivity index (χ3n) is 4.55. The summed E-state index contributed by atoms with van der Waals surface area (Å²) < 4.78 is 6.33. The fourth-order valence-corrected chi connectivity index (χ4v) is 4.03. The third kappa shape index (κ3) is 7.64. The number of aryl methyl sites for hydroxylation is 1. The Morgan fingerprint density at radius 3 is 2.56 bits per heavy atom. The van der Waals surface area contributed by atoms with E-state index >= 15 is 0 Å². The van der Waals surface area contributed by atoms with E-state index in [0.29, 0.717) is 5.75 Å². The summed E-state index contributed by atoms with van der Waals surface area (Å²) in [6.45, 7) is 1.58. The number of thioether (sulfide) groups is 1. The first-order valence-electron chi connectivity index (χ1n) is 10.1. The van der Waals surface area contributed by atoms with Crippen molar-refractivity contribution in [1.29, 1.82) is 0 Å². The van der Waals surface area contributed by atoms with Gasteiger partial charge in [0, 0.05) is 20.7 Å². The molecule has 0 spiro atoms. The molecule has 3 aromatic carbocycles. The highest BCUT2D eigenvalue weighted by molar-refractivity contribution is 9.10. The van der Waals surface area contributed by atoms with Gasteiger partial charge in [0.25, 0.3) is 0 Å². The standard InChI is InChI=1S/C27H23BrO3S/c1-20-18-25(15-16-26(20)31-19-27(29)30)32-17-5-8-22(23-11-13-24(28)14-12-23)10-9-21-6-3-2-4-7-21/h2-8,11-16,18,22H,17,19H2,1H3,(H,29,30)/b8-5-. The van der Waals surface area contributed by atoms with Crippen molar-refractivity contribution < 1.29 is 14.6 Å². The van der Waals surface area contributed by atoms with Crippen molar-refractivity contribution in [3.05, 3.63) is 106 Å². The molecule has 0 aliphatic carbocycles. The summed E-state index contributed by atoms with van der Waals surface area (Å²) in [5, 5.41) is 8.76. The van der Waals surface area contributed by atoms with Crippen molar-refractivity contribution in [2.45, 2.75) is 17.7 Å². The van der Waals surface area contributed by atoms with Gasteiger partial charge in [-0.05, 0) is 60.5 Å². The average Bonchev–Trinajstić information content (AvgIpc) is 2.79. The largest absolute Gasteiger partial charge is 0.482 e. The van der Waals surface area contributed by atoms with Crippen LogP contribution in [0.5, 0.6) is 5.75 Å². The number of carboxylic acid groups (broad SMARTS) is 1. The lowest BCUT2D eigenvalue weighted by atomic mass is 9.99. The molecule has 1 atom stereocenters. The number of allylic oxidation sites excluding steroid dienone is 1. The van der Waals surface area contributed by atoms with Crippen LogP contribution in [-0.4, -0.2) is 23.4 Å². The second-order valence-electron chi connectivity index (χ2n) is 7.01. The van der Waals surface area contributed by atoms with E-state index in [1.54, 1.807) is 11.8 Å². The van der Waals surface area contributed by atoms with Gasteiger partial charge in [0.15, 0.2) is 6.61 Å². The molecule has 0 aromatic heterocycles. The smallest absolute Gasteiger partial charge is 0.341 e. The maximum atomic E-state index is 10.7. The van der Waals surface area contributed by atoms with E-state index in [2.05, 4.69) is 52.1 Å². The van der Waals surface area contributed by atoms with Gasteiger partial charge >= 0.3 is 5.97 Å². The molecule has 0 saturated carbocycles. The number of aliphatic carboxylic acids is 1. The fraction of sp³-hybridized carbons (Fsp3) is 0.148. The lowest BCUT2D eigenvalue weighted by molar-refractivity contribution is -0.139. The van der Waals surface area contributed by atoms with E-state index in [0.717, 1.165) is 31.8 Å². The van der Waals surface area contributed by atoms with Gasteiger partial charge in [0.05, 0.1) is 5.92 Å². The average molecular weight is 507 g/mol. The highest BCUT2D eigenvalue weighted by Crippen LogP contribution is 2.26. The van der Waals surface area contributed by atoms with Crippen LogP contribution in [-0.2, 0) is 4.79 Å². The first-order chi connectivity index (χ1) is 15.5. The van der Waals surface area contributed by atoms with Crippen LogP contribution in [0, 0.1) is 18.8 Å². The fourth-order valence-electron chi connectivity index (χ4n) is 2.94. The van der Waals surface area contributed by atoms with E-state index in [9.17, 15) is 4.79 Å². The molecule has 0 fully saturated rings. The van der Waals surface area contributed by atoms with Gasteiger partial charge < -0.3 is 9.84 Å². The van der Waals surface area contributed by atoms with Crippen molar-refractivity contribution in [2.75, 3.05) is 12.4 Å². The zero-order valence-electron chi connectivity index (χ0n) is 17.6. The van der Waals surface area contributed by atoms with Crippen molar-refractivity contribution in [3.8, 4) is 17.6 Å². The molecule has 0 radical (unpaired) electrons. The molecule has 0 aliphatic heterocycles. The Balaban J connectivity index is 1.66. The normalized spacial score (nSPS) is 11.6. The molecule has 3 nitrogen and oxygen atoms in total. The van der Waals surface area contributed by atoms with Crippen molar-refractivity contribution in [1.82, 2.24) is 0 Å². The van der Waals surface area contributed by atoms with Crippen LogP contribution >= 0.6 is 27.7 Å². The van der Waals surface area contributed by atoms with Crippen molar-refractivity contribution in [3.63, 3.8) is 0 Å². The zero-order valence-corrected chi connectivity index (χ0v) is 20.0. The van der Waals surface area contributed by atoms with E-state index < -0.39 is 5.97 Å². The summed E-state index contributed by atoms with van der Waals surface area (Å²) >= 11 is 5.20. The Morgan fingerprint density at radius 2 is 1.88 bits per heavy atom. The van der Waals surface area contributed by atoms with E-state index in [4.69, 9.17) is 9.84 Å². The van der Waals surface area contributed by atoms with Gasteiger partial charge in [-0.1, -0.05) is 70.3 Å². The van der Waals surface area contributed by atoms with E-state index in [1.807, 2.05) is 67.6 Å². The molecule has 0 amide bonds. The number of benzene rings is 3. The number of ether oxygens (including phenoxy) is 1. The van der Waals surface area contributed by atoms with Crippen LogP contribution in [0.15, 0.2) is 94.3 Å². The molecule has 0 heterocycles. The molecule has 32 heavy (non-hydrogen) atoms. The molecule has 1 N–H and O–H groups in total. The van der Waals surface area contributed by atoms with E-state index in [1.165, 1.54) is 0 Å². The maximum absolute atomic E-state index is 10.7. The highest BCUT2D eigenvalue weighted by atomic mass is 79.9. The summed E-state index contributed by atoms with van der Waals surface area (Å²) in [6, 6.07) is 24.0. The summed E-state index contributed by atoms with van der Waals surface area (Å²) in [7, 11) is 0. The predicted molar refractivity (Wildman–Crippen MR) is 134 cm³/mol. The quantitative estimate of drug-likeness (QED) is 0.209. The maximum Gasteiger partial charge on any atom is 0.341 e. The lowest BCUT2D eigenvalue weighted by Gasteiger charge is -2.09. The monoisotopic (exact) mass is 506 g/mol. The Labute approximate surface area is 201 Å². The van der Waals surface area contributed by atoms with Gasteiger partial charge in [-0.25, -0.2) is 4.79 Å². The van der Waals surface area contributed by atoms with E-state index in [-0.39, 0.29) is 12.5 Å². The van der Waals surface area contributed by atoms with Gasteiger partial charge in [-0.2, -0.15) is 0 Å². The van der Waals surface area contributed by atoms with Crippen LogP contribution in [0.3, 0.4) is 0 Å². The topological polar surface area (TPSA) is 46.5 Å². The number of carboxylic acids is 1. The molecule has 5 heteroatoms. The molecule has 3 rings (SSSR count). The predicted octanol–water partition coefficient (Wildman–Crippen LogP) is 6.70. The van der Waals surface area contributed by atoms with Gasteiger partial charge in [0.1, 0.15) is 5.75 Å². The van der Waals surface area contributed by atoms with Crippen LogP contribution in [0.1, 0.15) is 22.6 Å². The second kappa shape index (κ2) is 12.2. The highest BCUT2D eigenvalue weighted by Gasteiger charge is 2.06. The summed E-state index contributed by atoms with van der Waals surface area (Å²) in [6.07, 6.45) is 4.28. The summed E-state index contributed by atoms with van der Waals surface area (Å²) in [5.41, 5.74) is 3.06. The molecular formula is C27H23BrO3S. The molecule has 162 valence electrons. The molecule has 0 saturated heterocycles. The van der Waals surface area contributed by atoms with Crippen LogP contribution < -0.4 is 4.74 Å². The Hall–Kier alpha value is -2.94. The minimum atomic E-state index is -0.983. The van der Waals surface area contributed by atoms with Crippen molar-refractivity contribution >= 4 is 33.7 Å². The number of rotatable bonds is 8. The zero-order chi connectivity index (χ0) is 22.8. The Morgan fingerprint density at radius 1 is 1.12 bits per heavy atom. The van der Waals surface area contributed by atoms with Crippen LogP contribution in [0.25, 0.3) is 0 Å². The first-order valence-corrected chi connectivity index (χ1v) is 11.9. The number of halogens is 1. The molecular weight excluding hydrogens is 484 g/mol. The minimum Gasteiger partial charge on any atom is -0.482 e. The first kappa shape index (κ1) is 23.7.